The van der Waals surface area contributed by atoms with Crippen molar-refractivity contribution in [1.29, 1.82) is 0 Å². The molecule has 0 aliphatic rings. The summed E-state index contributed by atoms with van der Waals surface area (Å²) in [5.74, 6) is 0.642. The molecule has 0 fully saturated rings. The largest absolute Gasteiger partial charge is 0.493 e. The second-order valence-corrected chi connectivity index (χ2v) is 3.70. The second-order valence-electron chi connectivity index (χ2n) is 3.70. The molecule has 0 heterocycles. The van der Waals surface area contributed by atoms with Crippen LogP contribution in [0.25, 0.3) is 0 Å². The number of hydrogen-bond donors (Lipinski definition) is 2. The first-order valence-electron chi connectivity index (χ1n) is 5.86. The highest BCUT2D eigenvalue weighted by molar-refractivity contribution is 6.00. The summed E-state index contributed by atoms with van der Waals surface area (Å²) in [5, 5.41) is 14.5. The van der Waals surface area contributed by atoms with Crippen LogP contribution < -0.4 is 10.1 Å². The fourth-order valence-electron chi connectivity index (χ4n) is 1.46. The highest BCUT2D eigenvalue weighted by Crippen LogP contribution is 2.14. The van der Waals surface area contributed by atoms with Gasteiger partial charge in [-0.1, -0.05) is 12.1 Å². The highest BCUT2D eigenvalue weighted by Gasteiger charge is 2.03. The SMILES string of the molecule is CCC(=NO)c1ccc(OCCC(=O)NC)cc1. The minimum Gasteiger partial charge on any atom is -0.493 e. The van der Waals surface area contributed by atoms with Crippen molar-refractivity contribution in [2.75, 3.05) is 13.7 Å². The third-order valence-electron chi connectivity index (χ3n) is 2.52. The number of nitrogens with zero attached hydrogens (tertiary/aromatic N) is 1. The van der Waals surface area contributed by atoms with Gasteiger partial charge in [-0.2, -0.15) is 0 Å². The van der Waals surface area contributed by atoms with Crippen molar-refractivity contribution < 1.29 is 14.7 Å². The zero-order chi connectivity index (χ0) is 13.4. The first-order chi connectivity index (χ1) is 8.71. The molecule has 0 radical (unpaired) electrons. The zero-order valence-corrected chi connectivity index (χ0v) is 10.6. The molecule has 0 saturated carbocycles. The van der Waals surface area contributed by atoms with Crippen LogP contribution >= 0.6 is 0 Å². The van der Waals surface area contributed by atoms with Gasteiger partial charge in [-0.3, -0.25) is 4.79 Å². The molecule has 0 saturated heterocycles. The summed E-state index contributed by atoms with van der Waals surface area (Å²) in [7, 11) is 1.59. The standard InChI is InChI=1S/C13H18N2O3/c1-3-12(15-17)10-4-6-11(7-5-10)18-9-8-13(16)14-2/h4-7,17H,3,8-9H2,1-2H3,(H,14,16). The Bertz CT molecular complexity index is 413. The molecule has 0 aromatic heterocycles. The van der Waals surface area contributed by atoms with Crippen LogP contribution in [0.2, 0.25) is 0 Å². The van der Waals surface area contributed by atoms with Crippen LogP contribution in [0.3, 0.4) is 0 Å². The Morgan fingerprint density at radius 2 is 2.06 bits per heavy atom. The van der Waals surface area contributed by atoms with Gasteiger partial charge >= 0.3 is 0 Å². The molecule has 1 rings (SSSR count). The number of oxime groups is 1. The third-order valence-corrected chi connectivity index (χ3v) is 2.52. The average molecular weight is 250 g/mol. The molecule has 0 bridgehead atoms. The number of hydrogen-bond acceptors (Lipinski definition) is 4. The number of benzene rings is 1. The Labute approximate surface area is 106 Å². The molecule has 5 heteroatoms. The number of ether oxygens (including phenoxy) is 1. The second kappa shape index (κ2) is 7.32. The van der Waals surface area contributed by atoms with E-state index in [2.05, 4.69) is 10.5 Å². The predicted molar refractivity (Wildman–Crippen MR) is 69.2 cm³/mol. The van der Waals surface area contributed by atoms with Crippen molar-refractivity contribution in [3.8, 4) is 5.75 Å². The van der Waals surface area contributed by atoms with Crippen molar-refractivity contribution in [2.24, 2.45) is 5.16 Å². The molecule has 0 spiro atoms. The van der Waals surface area contributed by atoms with E-state index in [0.717, 1.165) is 5.56 Å². The van der Waals surface area contributed by atoms with Gasteiger partial charge in [0.05, 0.1) is 18.7 Å². The Morgan fingerprint density at radius 3 is 2.56 bits per heavy atom. The smallest absolute Gasteiger partial charge is 0.223 e. The third kappa shape index (κ3) is 4.08. The van der Waals surface area contributed by atoms with Crippen molar-refractivity contribution in [2.45, 2.75) is 19.8 Å². The Hall–Kier alpha value is -2.04. The van der Waals surface area contributed by atoms with E-state index in [0.29, 0.717) is 30.9 Å². The molecule has 1 aromatic rings. The maximum absolute atomic E-state index is 11.0. The van der Waals surface area contributed by atoms with Gasteiger partial charge in [-0.15, -0.1) is 0 Å². The summed E-state index contributed by atoms with van der Waals surface area (Å²) in [4.78, 5) is 11.0. The van der Waals surface area contributed by atoms with Crippen LogP contribution in [0.5, 0.6) is 5.75 Å². The van der Waals surface area contributed by atoms with Crippen LogP contribution in [0.15, 0.2) is 29.4 Å². The van der Waals surface area contributed by atoms with E-state index >= 15 is 0 Å². The van der Waals surface area contributed by atoms with E-state index in [1.54, 1.807) is 19.2 Å². The monoisotopic (exact) mass is 250 g/mol. The number of carbonyl (C=O) groups is 1. The van der Waals surface area contributed by atoms with Crippen LogP contribution in [-0.2, 0) is 4.79 Å². The number of nitrogens with one attached hydrogen (secondary N) is 1. The number of amides is 1. The van der Waals surface area contributed by atoms with E-state index in [9.17, 15) is 4.79 Å². The first kappa shape index (κ1) is 14.0. The molecule has 18 heavy (non-hydrogen) atoms. The summed E-state index contributed by atoms with van der Waals surface area (Å²) in [5.41, 5.74) is 1.49. The van der Waals surface area contributed by atoms with Crippen molar-refractivity contribution in [3.05, 3.63) is 29.8 Å². The minimum atomic E-state index is -0.0488. The molecule has 1 amide bonds. The van der Waals surface area contributed by atoms with Gasteiger partial charge in [0.15, 0.2) is 0 Å². The predicted octanol–water partition coefficient (Wildman–Crippen LogP) is 1.79. The minimum absolute atomic E-state index is 0.0488. The zero-order valence-electron chi connectivity index (χ0n) is 10.6. The van der Waals surface area contributed by atoms with Crippen molar-refractivity contribution >= 4 is 11.6 Å². The van der Waals surface area contributed by atoms with E-state index < -0.39 is 0 Å². The van der Waals surface area contributed by atoms with Gasteiger partial charge in [-0.25, -0.2) is 0 Å². The van der Waals surface area contributed by atoms with Gasteiger partial charge in [0.2, 0.25) is 5.91 Å². The van der Waals surface area contributed by atoms with Crippen LogP contribution in [-0.4, -0.2) is 30.5 Å². The maximum atomic E-state index is 11.0. The van der Waals surface area contributed by atoms with Crippen LogP contribution in [0, 0.1) is 0 Å². The fraction of sp³-hybridized carbons (Fsp3) is 0.385. The molecule has 98 valence electrons. The van der Waals surface area contributed by atoms with Gasteiger partial charge in [0.25, 0.3) is 0 Å². The number of rotatable bonds is 6. The summed E-state index contributed by atoms with van der Waals surface area (Å²) in [6.45, 7) is 2.26. The molecular formula is C13H18N2O3. The first-order valence-corrected chi connectivity index (χ1v) is 5.86. The maximum Gasteiger partial charge on any atom is 0.223 e. The lowest BCUT2D eigenvalue weighted by Crippen LogP contribution is -2.20. The molecule has 0 aliphatic heterocycles. The van der Waals surface area contributed by atoms with E-state index in [1.807, 2.05) is 19.1 Å². The molecular weight excluding hydrogens is 232 g/mol. The van der Waals surface area contributed by atoms with Gasteiger partial charge in [-0.05, 0) is 36.2 Å². The lowest BCUT2D eigenvalue weighted by atomic mass is 10.1. The molecule has 2 N–H and O–H groups in total. The molecule has 0 unspecified atom stereocenters. The van der Waals surface area contributed by atoms with Crippen LogP contribution in [0.1, 0.15) is 25.3 Å². The quantitative estimate of drug-likeness (QED) is 0.459. The summed E-state index contributed by atoms with van der Waals surface area (Å²) < 4.78 is 5.42. The molecule has 0 atom stereocenters. The Morgan fingerprint density at radius 1 is 1.39 bits per heavy atom. The van der Waals surface area contributed by atoms with Crippen molar-refractivity contribution in [3.63, 3.8) is 0 Å². The molecule has 0 aliphatic carbocycles. The fourth-order valence-corrected chi connectivity index (χ4v) is 1.46. The molecule has 5 nitrogen and oxygen atoms in total. The highest BCUT2D eigenvalue weighted by atomic mass is 16.5. The topological polar surface area (TPSA) is 70.9 Å². The summed E-state index contributed by atoms with van der Waals surface area (Å²) >= 11 is 0. The van der Waals surface area contributed by atoms with Gasteiger partial charge in [0, 0.05) is 7.05 Å². The lowest BCUT2D eigenvalue weighted by molar-refractivity contribution is -0.121. The Balaban J connectivity index is 2.53. The lowest BCUT2D eigenvalue weighted by Gasteiger charge is -2.07. The van der Waals surface area contributed by atoms with Crippen molar-refractivity contribution in [1.82, 2.24) is 5.32 Å². The normalized spacial score (nSPS) is 11.1. The van der Waals surface area contributed by atoms with Crippen LogP contribution in [0.4, 0.5) is 0 Å². The summed E-state index contributed by atoms with van der Waals surface area (Å²) in [6.07, 6.45) is 0.990. The Kier molecular flexibility index (Phi) is 5.70. The van der Waals surface area contributed by atoms with Gasteiger partial charge in [0.1, 0.15) is 5.75 Å². The van der Waals surface area contributed by atoms with E-state index in [4.69, 9.17) is 9.94 Å². The number of carbonyl (C=O) groups excluding carboxylic acids is 1. The molecule has 1 aromatic carbocycles. The van der Waals surface area contributed by atoms with E-state index in [-0.39, 0.29) is 5.91 Å². The summed E-state index contributed by atoms with van der Waals surface area (Å²) in [6, 6.07) is 7.24. The van der Waals surface area contributed by atoms with E-state index in [1.165, 1.54) is 0 Å². The average Bonchev–Trinajstić information content (AvgIpc) is 2.41. The van der Waals surface area contributed by atoms with Gasteiger partial charge < -0.3 is 15.3 Å².